The van der Waals surface area contributed by atoms with Crippen molar-refractivity contribution in [2.24, 2.45) is 0 Å². The highest BCUT2D eigenvalue weighted by molar-refractivity contribution is 7.96. The Morgan fingerprint density at radius 2 is 2.18 bits per heavy atom. The Morgan fingerprint density at radius 3 is 2.64 bits per heavy atom. The molecule has 0 fully saturated rings. The molecular weight excluding hydrogens is 188 g/mol. The fourth-order valence-corrected chi connectivity index (χ4v) is 1.72. The van der Waals surface area contributed by atoms with Gasteiger partial charge in [0.1, 0.15) is 18.1 Å². The van der Waals surface area contributed by atoms with Crippen LogP contribution in [-0.2, 0) is 26.4 Å². The SMILES string of the molecule is C[S+](CCO)CCOS(=O)O. The van der Waals surface area contributed by atoms with Crippen molar-refractivity contribution in [2.75, 3.05) is 31.0 Å². The molecule has 0 aliphatic rings. The third kappa shape index (κ3) is 8.28. The molecule has 0 amide bonds. The number of hydrogen-bond donors (Lipinski definition) is 2. The summed E-state index contributed by atoms with van der Waals surface area (Å²) < 4.78 is 22.6. The first-order chi connectivity index (χ1) is 5.16. The van der Waals surface area contributed by atoms with Gasteiger partial charge in [-0.25, -0.2) is 0 Å². The summed E-state index contributed by atoms with van der Waals surface area (Å²) in [6, 6.07) is 0. The molecule has 68 valence electrons. The van der Waals surface area contributed by atoms with E-state index in [2.05, 4.69) is 4.18 Å². The summed E-state index contributed by atoms with van der Waals surface area (Å²) in [5.41, 5.74) is 0. The van der Waals surface area contributed by atoms with Crippen LogP contribution in [-0.4, -0.2) is 44.8 Å². The van der Waals surface area contributed by atoms with E-state index in [0.29, 0.717) is 0 Å². The lowest BCUT2D eigenvalue weighted by molar-refractivity contribution is 0.320. The Balaban J connectivity index is 3.16. The summed E-state index contributed by atoms with van der Waals surface area (Å²) in [7, 11) is 0.0930. The second kappa shape index (κ2) is 7.05. The summed E-state index contributed by atoms with van der Waals surface area (Å²) in [4.78, 5) is 0. The van der Waals surface area contributed by atoms with Gasteiger partial charge in [-0.2, -0.15) is 4.21 Å². The van der Waals surface area contributed by atoms with Crippen molar-refractivity contribution in [2.45, 2.75) is 0 Å². The Hall–Kier alpha value is 0.380. The van der Waals surface area contributed by atoms with E-state index in [4.69, 9.17) is 9.66 Å². The van der Waals surface area contributed by atoms with Gasteiger partial charge < -0.3 is 5.11 Å². The van der Waals surface area contributed by atoms with Gasteiger partial charge in [0, 0.05) is 0 Å². The largest absolute Gasteiger partial charge is 0.391 e. The van der Waals surface area contributed by atoms with Crippen molar-refractivity contribution in [3.05, 3.63) is 0 Å². The predicted octanol–water partition coefficient (Wildman–Crippen LogP) is -0.620. The second-order valence-corrected chi connectivity index (χ2v) is 5.00. The van der Waals surface area contributed by atoms with E-state index in [9.17, 15) is 4.21 Å². The minimum atomic E-state index is -2.14. The molecule has 0 aromatic carbocycles. The van der Waals surface area contributed by atoms with Gasteiger partial charge in [-0.05, 0) is 10.9 Å². The van der Waals surface area contributed by atoms with Crippen LogP contribution in [0.5, 0.6) is 0 Å². The highest BCUT2D eigenvalue weighted by atomic mass is 32.2. The van der Waals surface area contributed by atoms with Crippen LogP contribution in [0.4, 0.5) is 0 Å². The molecule has 0 aromatic heterocycles. The van der Waals surface area contributed by atoms with Gasteiger partial charge >= 0.3 is 11.4 Å². The van der Waals surface area contributed by atoms with Crippen LogP contribution < -0.4 is 0 Å². The standard InChI is InChI=1S/C5H12O4S2/c1-10(4-2-6)5-3-9-11(7)8/h6H,2-5H2,1H3/p+1. The molecule has 11 heavy (non-hydrogen) atoms. The molecule has 0 aliphatic carbocycles. The number of aliphatic hydroxyl groups is 1. The van der Waals surface area contributed by atoms with E-state index in [1.54, 1.807) is 0 Å². The average molecular weight is 201 g/mol. The molecule has 0 saturated carbocycles. The lowest BCUT2D eigenvalue weighted by Crippen LogP contribution is -2.17. The summed E-state index contributed by atoms with van der Waals surface area (Å²) in [5.74, 6) is 1.47. The molecule has 0 aliphatic heterocycles. The summed E-state index contributed by atoms with van der Waals surface area (Å²) in [6.07, 6.45) is 1.99. The van der Waals surface area contributed by atoms with Crippen LogP contribution in [0.1, 0.15) is 0 Å². The topological polar surface area (TPSA) is 66.8 Å². The van der Waals surface area contributed by atoms with Crippen molar-refractivity contribution >= 4 is 22.3 Å². The molecule has 2 N–H and O–H groups in total. The molecule has 4 nitrogen and oxygen atoms in total. The molecule has 0 radical (unpaired) electrons. The molecule has 0 rings (SSSR count). The zero-order valence-corrected chi connectivity index (χ0v) is 7.99. The van der Waals surface area contributed by atoms with Crippen molar-refractivity contribution in [1.82, 2.24) is 0 Å². The molecular formula is C5H13O4S2+. The predicted molar refractivity (Wildman–Crippen MR) is 46.8 cm³/mol. The highest BCUT2D eigenvalue weighted by Crippen LogP contribution is 1.91. The van der Waals surface area contributed by atoms with E-state index in [0.717, 1.165) is 11.5 Å². The quantitative estimate of drug-likeness (QED) is 0.444. The summed E-state index contributed by atoms with van der Waals surface area (Å²) in [6.45, 7) is 0.449. The lowest BCUT2D eigenvalue weighted by Gasteiger charge is -1.99. The molecule has 0 saturated heterocycles. The zero-order chi connectivity index (χ0) is 8.69. The third-order valence-electron chi connectivity index (χ3n) is 1.06. The minimum Gasteiger partial charge on any atom is -0.391 e. The maximum absolute atomic E-state index is 9.98. The fraction of sp³-hybridized carbons (Fsp3) is 1.00. The van der Waals surface area contributed by atoms with Crippen LogP contribution in [0.2, 0.25) is 0 Å². The first-order valence-corrected chi connectivity index (χ1v) is 6.11. The monoisotopic (exact) mass is 201 g/mol. The number of aliphatic hydroxyl groups excluding tert-OH is 1. The van der Waals surface area contributed by atoms with Gasteiger partial charge in [-0.3, -0.25) is 8.74 Å². The average Bonchev–Trinajstić information content (AvgIpc) is 1.87. The molecule has 0 aromatic rings. The van der Waals surface area contributed by atoms with Gasteiger partial charge in [-0.1, -0.05) is 0 Å². The van der Waals surface area contributed by atoms with E-state index in [-0.39, 0.29) is 24.1 Å². The fourth-order valence-electron chi connectivity index (χ4n) is 0.505. The van der Waals surface area contributed by atoms with E-state index < -0.39 is 11.4 Å². The van der Waals surface area contributed by atoms with E-state index in [1.165, 1.54) is 0 Å². The van der Waals surface area contributed by atoms with Crippen LogP contribution in [0.25, 0.3) is 0 Å². The summed E-state index contributed by atoms with van der Waals surface area (Å²) >= 11 is -2.14. The molecule has 2 unspecified atom stereocenters. The van der Waals surface area contributed by atoms with E-state index >= 15 is 0 Å². The third-order valence-corrected chi connectivity index (χ3v) is 3.17. The van der Waals surface area contributed by atoms with E-state index in [1.807, 2.05) is 6.26 Å². The van der Waals surface area contributed by atoms with Crippen LogP contribution >= 0.6 is 0 Å². The summed E-state index contributed by atoms with van der Waals surface area (Å²) in [5, 5.41) is 8.50. The highest BCUT2D eigenvalue weighted by Gasteiger charge is 2.09. The Labute approximate surface area is 71.8 Å². The van der Waals surface area contributed by atoms with Gasteiger partial charge in [-0.15, -0.1) is 0 Å². The smallest absolute Gasteiger partial charge is 0.302 e. The van der Waals surface area contributed by atoms with Gasteiger partial charge in [0.2, 0.25) is 0 Å². The lowest BCUT2D eigenvalue weighted by atomic mass is 10.9. The molecule has 0 spiro atoms. The van der Waals surface area contributed by atoms with Gasteiger partial charge in [0.15, 0.2) is 0 Å². The van der Waals surface area contributed by atoms with Crippen molar-refractivity contribution < 1.29 is 18.1 Å². The Bertz CT molecular complexity index is 119. The molecule has 2 atom stereocenters. The minimum absolute atomic E-state index is 0.0930. The molecule has 6 heteroatoms. The van der Waals surface area contributed by atoms with Crippen molar-refractivity contribution in [1.29, 1.82) is 0 Å². The van der Waals surface area contributed by atoms with Crippen LogP contribution in [0, 0.1) is 0 Å². The number of rotatable bonds is 6. The Kier molecular flexibility index (Phi) is 7.30. The first-order valence-electron chi connectivity index (χ1n) is 3.11. The molecule has 0 bridgehead atoms. The van der Waals surface area contributed by atoms with Crippen molar-refractivity contribution in [3.63, 3.8) is 0 Å². The maximum Gasteiger partial charge on any atom is 0.302 e. The van der Waals surface area contributed by atoms with Crippen molar-refractivity contribution in [3.8, 4) is 0 Å². The zero-order valence-electron chi connectivity index (χ0n) is 6.36. The number of hydrogen-bond acceptors (Lipinski definition) is 3. The van der Waals surface area contributed by atoms with Crippen LogP contribution in [0.3, 0.4) is 0 Å². The van der Waals surface area contributed by atoms with Gasteiger partial charge in [0.05, 0.1) is 12.9 Å². The normalized spacial score (nSPS) is 16.3. The maximum atomic E-state index is 9.98. The van der Waals surface area contributed by atoms with Crippen LogP contribution in [0.15, 0.2) is 0 Å². The Morgan fingerprint density at radius 1 is 1.55 bits per heavy atom. The first kappa shape index (κ1) is 11.4. The molecule has 0 heterocycles. The van der Waals surface area contributed by atoms with Gasteiger partial charge in [0.25, 0.3) is 0 Å². The second-order valence-electron chi connectivity index (χ2n) is 1.95.